The molecular formula is C15H9Cl2F3N2O2. The van der Waals surface area contributed by atoms with E-state index >= 15 is 0 Å². The molecule has 126 valence electrons. The second kappa shape index (κ2) is 7.11. The molecule has 0 aromatic heterocycles. The molecule has 0 saturated heterocycles. The van der Waals surface area contributed by atoms with Crippen molar-refractivity contribution in [2.75, 3.05) is 5.32 Å². The van der Waals surface area contributed by atoms with E-state index < -0.39 is 29.4 Å². The molecule has 9 heteroatoms. The number of imide groups is 1. The van der Waals surface area contributed by atoms with Crippen LogP contribution in [0, 0.1) is 0 Å². The molecule has 2 rings (SSSR count). The fourth-order valence-electron chi connectivity index (χ4n) is 1.87. The minimum atomic E-state index is -4.65. The Morgan fingerprint density at radius 2 is 1.50 bits per heavy atom. The van der Waals surface area contributed by atoms with Gasteiger partial charge in [0.15, 0.2) is 0 Å². The lowest BCUT2D eigenvalue weighted by Gasteiger charge is -2.14. The molecule has 2 N–H and O–H groups in total. The van der Waals surface area contributed by atoms with Gasteiger partial charge in [-0.3, -0.25) is 10.1 Å². The van der Waals surface area contributed by atoms with Crippen LogP contribution >= 0.6 is 23.2 Å². The summed E-state index contributed by atoms with van der Waals surface area (Å²) in [4.78, 5) is 23.8. The fraction of sp³-hybridized carbons (Fsp3) is 0.0667. The lowest BCUT2D eigenvalue weighted by Crippen LogP contribution is -2.35. The summed E-state index contributed by atoms with van der Waals surface area (Å²) in [5, 5.41) is 3.87. The molecule has 0 saturated carbocycles. The number of halogens is 5. The Bertz CT molecular complexity index is 774. The number of anilines is 1. The number of benzene rings is 2. The van der Waals surface area contributed by atoms with Gasteiger partial charge in [-0.05, 0) is 24.3 Å². The Labute approximate surface area is 144 Å². The quantitative estimate of drug-likeness (QED) is 0.776. The summed E-state index contributed by atoms with van der Waals surface area (Å²) in [5.74, 6) is -0.937. The zero-order valence-corrected chi connectivity index (χ0v) is 13.3. The van der Waals surface area contributed by atoms with Crippen molar-refractivity contribution in [3.63, 3.8) is 0 Å². The second-order valence-corrected chi connectivity index (χ2v) is 5.36. The molecule has 0 aliphatic heterocycles. The van der Waals surface area contributed by atoms with Gasteiger partial charge in [-0.2, -0.15) is 13.2 Å². The van der Waals surface area contributed by atoms with Gasteiger partial charge in [0.2, 0.25) is 0 Å². The van der Waals surface area contributed by atoms with Crippen molar-refractivity contribution >= 4 is 40.8 Å². The molecule has 0 spiro atoms. The molecule has 2 aromatic rings. The van der Waals surface area contributed by atoms with Crippen LogP contribution in [0.5, 0.6) is 0 Å². The third kappa shape index (κ3) is 4.18. The number of amides is 3. The minimum absolute atomic E-state index is 0.00323. The van der Waals surface area contributed by atoms with E-state index in [0.717, 1.165) is 12.1 Å². The zero-order chi connectivity index (χ0) is 17.9. The summed E-state index contributed by atoms with van der Waals surface area (Å²) < 4.78 is 38.6. The SMILES string of the molecule is O=C(NC(=O)c1c(Cl)cccc1Cl)Nc1ccccc1C(F)(F)F. The zero-order valence-electron chi connectivity index (χ0n) is 11.7. The monoisotopic (exact) mass is 376 g/mol. The van der Waals surface area contributed by atoms with Crippen LogP contribution in [-0.2, 0) is 6.18 Å². The van der Waals surface area contributed by atoms with Crippen LogP contribution in [0.15, 0.2) is 42.5 Å². The van der Waals surface area contributed by atoms with Gasteiger partial charge >= 0.3 is 12.2 Å². The summed E-state index contributed by atoms with van der Waals surface area (Å²) in [6, 6.07) is 7.50. The summed E-state index contributed by atoms with van der Waals surface area (Å²) in [7, 11) is 0. The normalized spacial score (nSPS) is 11.0. The Kier molecular flexibility index (Phi) is 5.36. The van der Waals surface area contributed by atoms with Crippen molar-refractivity contribution < 1.29 is 22.8 Å². The first-order valence-corrected chi connectivity index (χ1v) is 7.18. The topological polar surface area (TPSA) is 58.2 Å². The maximum absolute atomic E-state index is 12.9. The van der Waals surface area contributed by atoms with Gasteiger partial charge in [-0.15, -0.1) is 0 Å². The predicted octanol–water partition coefficient (Wildman–Crippen LogP) is 4.97. The Morgan fingerprint density at radius 1 is 0.917 bits per heavy atom. The number of carbonyl (C=O) groups excluding carboxylic acids is 2. The second-order valence-electron chi connectivity index (χ2n) is 4.55. The maximum Gasteiger partial charge on any atom is 0.418 e. The van der Waals surface area contributed by atoms with E-state index in [-0.39, 0.29) is 15.6 Å². The maximum atomic E-state index is 12.9. The van der Waals surface area contributed by atoms with Crippen molar-refractivity contribution in [1.29, 1.82) is 0 Å². The average Bonchev–Trinajstić information content (AvgIpc) is 2.46. The third-order valence-electron chi connectivity index (χ3n) is 2.90. The number of hydrogen-bond acceptors (Lipinski definition) is 2. The van der Waals surface area contributed by atoms with Gasteiger partial charge in [-0.1, -0.05) is 41.4 Å². The first-order chi connectivity index (χ1) is 11.2. The van der Waals surface area contributed by atoms with E-state index in [1.807, 2.05) is 10.6 Å². The first kappa shape index (κ1) is 18.1. The van der Waals surface area contributed by atoms with Crippen LogP contribution in [0.25, 0.3) is 0 Å². The smallest absolute Gasteiger partial charge is 0.307 e. The Morgan fingerprint density at radius 3 is 2.08 bits per heavy atom. The molecule has 4 nitrogen and oxygen atoms in total. The average molecular weight is 377 g/mol. The molecule has 0 heterocycles. The standard InChI is InChI=1S/C15H9Cl2F3N2O2/c16-9-5-3-6-10(17)12(9)13(23)22-14(24)21-11-7-2-1-4-8(11)15(18,19)20/h1-7H,(H2,21,22,23,24). The van der Waals surface area contributed by atoms with Crippen LogP contribution in [0.2, 0.25) is 10.0 Å². The van der Waals surface area contributed by atoms with E-state index in [2.05, 4.69) is 0 Å². The molecule has 0 aliphatic rings. The molecule has 0 unspecified atom stereocenters. The molecule has 2 aromatic carbocycles. The summed E-state index contributed by atoms with van der Waals surface area (Å²) in [5.41, 5.74) is -1.68. The van der Waals surface area contributed by atoms with Crippen LogP contribution in [0.4, 0.5) is 23.7 Å². The van der Waals surface area contributed by atoms with Gasteiger partial charge < -0.3 is 5.32 Å². The minimum Gasteiger partial charge on any atom is -0.307 e. The van der Waals surface area contributed by atoms with Crippen molar-refractivity contribution in [3.05, 3.63) is 63.6 Å². The molecular weight excluding hydrogens is 368 g/mol. The molecule has 0 aliphatic carbocycles. The van der Waals surface area contributed by atoms with Crippen molar-refractivity contribution in [1.82, 2.24) is 5.32 Å². The molecule has 0 atom stereocenters. The number of carbonyl (C=O) groups is 2. The number of rotatable bonds is 2. The van der Waals surface area contributed by atoms with Crippen molar-refractivity contribution in [2.45, 2.75) is 6.18 Å². The van der Waals surface area contributed by atoms with E-state index in [9.17, 15) is 22.8 Å². The molecule has 0 bridgehead atoms. The highest BCUT2D eigenvalue weighted by molar-refractivity contribution is 6.40. The highest BCUT2D eigenvalue weighted by Crippen LogP contribution is 2.34. The largest absolute Gasteiger partial charge is 0.418 e. The van der Waals surface area contributed by atoms with Crippen LogP contribution in [0.3, 0.4) is 0 Å². The van der Waals surface area contributed by atoms with E-state index in [4.69, 9.17) is 23.2 Å². The summed E-state index contributed by atoms with van der Waals surface area (Å²) in [6.45, 7) is 0. The Balaban J connectivity index is 2.17. The van der Waals surface area contributed by atoms with E-state index in [1.54, 1.807) is 0 Å². The number of alkyl halides is 3. The van der Waals surface area contributed by atoms with Crippen LogP contribution in [-0.4, -0.2) is 11.9 Å². The molecule has 24 heavy (non-hydrogen) atoms. The number of urea groups is 1. The van der Waals surface area contributed by atoms with E-state index in [0.29, 0.717) is 0 Å². The molecule has 0 radical (unpaired) electrons. The van der Waals surface area contributed by atoms with Gasteiger partial charge in [0.1, 0.15) is 0 Å². The lowest BCUT2D eigenvalue weighted by atomic mass is 10.1. The molecule has 0 fully saturated rings. The highest BCUT2D eigenvalue weighted by atomic mass is 35.5. The van der Waals surface area contributed by atoms with Gasteiger partial charge in [-0.25, -0.2) is 4.79 Å². The third-order valence-corrected chi connectivity index (χ3v) is 3.53. The lowest BCUT2D eigenvalue weighted by molar-refractivity contribution is -0.136. The highest BCUT2D eigenvalue weighted by Gasteiger charge is 2.33. The number of para-hydroxylation sites is 1. The van der Waals surface area contributed by atoms with E-state index in [1.165, 1.54) is 30.3 Å². The van der Waals surface area contributed by atoms with Crippen molar-refractivity contribution in [2.24, 2.45) is 0 Å². The summed E-state index contributed by atoms with van der Waals surface area (Å²) >= 11 is 11.7. The first-order valence-electron chi connectivity index (χ1n) is 6.42. The van der Waals surface area contributed by atoms with Gasteiger partial charge in [0, 0.05) is 0 Å². The van der Waals surface area contributed by atoms with Crippen LogP contribution in [0.1, 0.15) is 15.9 Å². The number of nitrogens with one attached hydrogen (secondary N) is 2. The molecule has 3 amide bonds. The predicted molar refractivity (Wildman–Crippen MR) is 84.4 cm³/mol. The summed E-state index contributed by atoms with van der Waals surface area (Å²) in [6.07, 6.45) is -4.65. The number of hydrogen-bond donors (Lipinski definition) is 2. The van der Waals surface area contributed by atoms with Gasteiger partial charge in [0.25, 0.3) is 5.91 Å². The Hall–Kier alpha value is -2.25. The van der Waals surface area contributed by atoms with Crippen molar-refractivity contribution in [3.8, 4) is 0 Å². The van der Waals surface area contributed by atoms with Gasteiger partial charge in [0.05, 0.1) is 26.9 Å². The van der Waals surface area contributed by atoms with Crippen LogP contribution < -0.4 is 10.6 Å². The fourth-order valence-corrected chi connectivity index (χ4v) is 2.44.